The molecule has 0 aliphatic rings. The molecule has 0 heterocycles. The quantitative estimate of drug-likeness (QED) is 0.297. The van der Waals surface area contributed by atoms with Gasteiger partial charge in [0.2, 0.25) is 0 Å². The molecule has 0 rings (SSSR count). The fraction of sp³-hybridized carbons (Fsp3) is 0.222. The summed E-state index contributed by atoms with van der Waals surface area (Å²) in [5, 5.41) is 23.9. The number of nitrogens with one attached hydrogen (secondary N) is 1. The minimum atomic E-state index is -0.140. The minimum absolute atomic E-state index is 0.0462. The van der Waals surface area contributed by atoms with E-state index in [0.29, 0.717) is 6.42 Å². The predicted molar refractivity (Wildman–Crippen MR) is 46.4 cm³/mol. The molecule has 0 radical (unpaired) electrons. The molecule has 0 unspecified atom stereocenters. The first kappa shape index (κ1) is 10.7. The van der Waals surface area contributed by atoms with Crippen LogP contribution in [0.4, 0.5) is 0 Å². The Kier molecular flexibility index (Phi) is 4.37. The van der Waals surface area contributed by atoms with Crippen molar-refractivity contribution in [2.24, 2.45) is 0 Å². The highest BCUT2D eigenvalue weighted by atomic mass is 14.7. The van der Waals surface area contributed by atoms with E-state index in [9.17, 15) is 0 Å². The Balaban J connectivity index is 5.56. The van der Waals surface area contributed by atoms with Crippen molar-refractivity contribution >= 4 is 5.87 Å². The van der Waals surface area contributed by atoms with Gasteiger partial charge in [0.05, 0.1) is 12.6 Å². The van der Waals surface area contributed by atoms with E-state index in [4.69, 9.17) is 22.5 Å². The molecule has 1 N–H and O–H groups in total. The molecule has 0 aromatic rings. The van der Waals surface area contributed by atoms with Crippen molar-refractivity contribution in [3.05, 3.63) is 28.3 Å². The molecular weight excluding hydrogens is 164 g/mol. The van der Waals surface area contributed by atoms with E-state index in [1.54, 1.807) is 19.1 Å². The van der Waals surface area contributed by atoms with Crippen molar-refractivity contribution in [3.8, 4) is 12.1 Å². The molecule has 0 bridgehead atoms. The van der Waals surface area contributed by atoms with Gasteiger partial charge < -0.3 is 0 Å². The Bertz CT molecular complexity index is 386. The lowest BCUT2D eigenvalue weighted by atomic mass is 10.0. The molecule has 0 aromatic carbocycles. The van der Waals surface area contributed by atoms with Gasteiger partial charge >= 0.3 is 0 Å². The maximum atomic E-state index is 8.55. The van der Waals surface area contributed by atoms with Crippen LogP contribution >= 0.6 is 0 Å². The third-order valence-corrected chi connectivity index (χ3v) is 1.40. The summed E-state index contributed by atoms with van der Waals surface area (Å²) in [7, 11) is 0. The smallest absolute Gasteiger partial charge is 0.258 e. The largest absolute Gasteiger partial charge is 0.267 e. The van der Waals surface area contributed by atoms with E-state index in [1.807, 2.05) is 5.87 Å². The second kappa shape index (κ2) is 5.33. The standard InChI is InChI=1S/C9H6N4/c1-3-8(7(4-10)5-11)9(6-12)13-2/h10H,3H2,1H3. The Morgan fingerprint density at radius 3 is 2.31 bits per heavy atom. The van der Waals surface area contributed by atoms with E-state index in [-0.39, 0.29) is 16.8 Å². The maximum absolute atomic E-state index is 8.55. The first-order valence-electron chi connectivity index (χ1n) is 3.46. The molecule has 0 saturated heterocycles. The fourth-order valence-corrected chi connectivity index (χ4v) is 0.793. The zero-order chi connectivity index (χ0) is 10.3. The molecule has 0 fully saturated rings. The zero-order valence-corrected chi connectivity index (χ0v) is 7.05. The summed E-state index contributed by atoms with van der Waals surface area (Å²) in [6.45, 7) is 8.38. The van der Waals surface area contributed by atoms with Crippen LogP contribution in [0.1, 0.15) is 13.3 Å². The van der Waals surface area contributed by atoms with Gasteiger partial charge in [-0.05, 0) is 17.9 Å². The van der Waals surface area contributed by atoms with E-state index >= 15 is 0 Å². The third kappa shape index (κ3) is 2.31. The van der Waals surface area contributed by atoms with Gasteiger partial charge in [-0.15, -0.1) is 0 Å². The Hall–Kier alpha value is -2.34. The molecule has 0 aliphatic carbocycles. The maximum Gasteiger partial charge on any atom is 0.267 e. The number of nitrogens with zero attached hydrogens (tertiary/aromatic N) is 3. The molecule has 0 atom stereocenters. The number of nitriles is 2. The molecule has 0 aromatic heterocycles. The van der Waals surface area contributed by atoms with Gasteiger partial charge in [0.15, 0.2) is 0 Å². The van der Waals surface area contributed by atoms with Crippen LogP contribution in [0.15, 0.2) is 16.8 Å². The van der Waals surface area contributed by atoms with Crippen molar-refractivity contribution < 1.29 is 0 Å². The van der Waals surface area contributed by atoms with Gasteiger partial charge in [-0.2, -0.15) is 5.26 Å². The lowest BCUT2D eigenvalue weighted by Gasteiger charge is -1.97. The van der Waals surface area contributed by atoms with Gasteiger partial charge in [0, 0.05) is 0 Å². The summed E-state index contributed by atoms with van der Waals surface area (Å²) in [6.07, 6.45) is 0.375. The van der Waals surface area contributed by atoms with Crippen LogP contribution in [0.5, 0.6) is 0 Å². The van der Waals surface area contributed by atoms with Gasteiger partial charge in [-0.1, -0.05) is 6.92 Å². The minimum Gasteiger partial charge on any atom is -0.258 e. The topological polar surface area (TPSA) is 75.8 Å². The highest BCUT2D eigenvalue weighted by Crippen LogP contribution is 2.16. The first-order chi connectivity index (χ1) is 6.24. The molecule has 62 valence electrons. The lowest BCUT2D eigenvalue weighted by Crippen LogP contribution is -1.90. The van der Waals surface area contributed by atoms with Crippen LogP contribution in [-0.2, 0) is 0 Å². The number of hydrogen-bond donors (Lipinski definition) is 1. The lowest BCUT2D eigenvalue weighted by molar-refractivity contribution is 1.12. The fourth-order valence-electron chi connectivity index (χ4n) is 0.793. The van der Waals surface area contributed by atoms with Crippen molar-refractivity contribution in [2.45, 2.75) is 13.3 Å². The summed E-state index contributed by atoms with van der Waals surface area (Å²) >= 11 is 0. The molecule has 13 heavy (non-hydrogen) atoms. The van der Waals surface area contributed by atoms with Crippen molar-refractivity contribution in [1.29, 1.82) is 15.9 Å². The van der Waals surface area contributed by atoms with Crippen LogP contribution in [-0.4, -0.2) is 5.87 Å². The normalized spacial score (nSPS) is 9.69. The van der Waals surface area contributed by atoms with Gasteiger partial charge in [0.1, 0.15) is 11.6 Å². The molecular formula is C9H6N4. The molecule has 0 saturated carbocycles. The van der Waals surface area contributed by atoms with Crippen LogP contribution in [0.2, 0.25) is 0 Å². The highest BCUT2D eigenvalue weighted by molar-refractivity contribution is 5.70. The molecule has 4 nitrogen and oxygen atoms in total. The Morgan fingerprint density at radius 2 is 2.08 bits per heavy atom. The van der Waals surface area contributed by atoms with Crippen molar-refractivity contribution in [2.75, 3.05) is 0 Å². The SMILES string of the molecule is [C-]#[N+]C(C#N)=C(CC)C(=C=N)C#N. The molecule has 0 aliphatic heterocycles. The molecule has 4 heteroatoms. The molecule has 0 amide bonds. The number of hydrogen-bond acceptors (Lipinski definition) is 3. The summed E-state index contributed by atoms with van der Waals surface area (Å²) < 4.78 is 0. The van der Waals surface area contributed by atoms with E-state index in [1.165, 1.54) is 0 Å². The molecule has 0 spiro atoms. The average molecular weight is 170 g/mol. The second-order valence-electron chi connectivity index (χ2n) is 2.02. The number of rotatable bonds is 2. The van der Waals surface area contributed by atoms with Crippen molar-refractivity contribution in [1.82, 2.24) is 0 Å². The van der Waals surface area contributed by atoms with Crippen LogP contribution in [0.25, 0.3) is 4.85 Å². The Morgan fingerprint density at radius 1 is 1.46 bits per heavy atom. The second-order valence-corrected chi connectivity index (χ2v) is 2.02. The van der Waals surface area contributed by atoms with Crippen molar-refractivity contribution in [3.63, 3.8) is 0 Å². The zero-order valence-electron chi connectivity index (χ0n) is 7.05. The average Bonchev–Trinajstić information content (AvgIpc) is 2.18. The van der Waals surface area contributed by atoms with E-state index in [2.05, 4.69) is 4.85 Å². The summed E-state index contributed by atoms with van der Waals surface area (Å²) in [6, 6.07) is 3.40. The van der Waals surface area contributed by atoms with Gasteiger partial charge in [0.25, 0.3) is 5.70 Å². The predicted octanol–water partition coefficient (Wildman–Crippen LogP) is 1.79. The van der Waals surface area contributed by atoms with Crippen LogP contribution in [0, 0.1) is 34.6 Å². The van der Waals surface area contributed by atoms with E-state index in [0.717, 1.165) is 0 Å². The summed E-state index contributed by atoms with van der Waals surface area (Å²) in [5.41, 5.74) is 0.101. The summed E-state index contributed by atoms with van der Waals surface area (Å²) in [5.74, 6) is 1.91. The van der Waals surface area contributed by atoms with Gasteiger partial charge in [-0.25, -0.2) is 10.1 Å². The monoisotopic (exact) mass is 170 g/mol. The highest BCUT2D eigenvalue weighted by Gasteiger charge is 2.09. The van der Waals surface area contributed by atoms with E-state index < -0.39 is 0 Å². The third-order valence-electron chi connectivity index (χ3n) is 1.40. The van der Waals surface area contributed by atoms with Crippen LogP contribution in [0.3, 0.4) is 0 Å². The van der Waals surface area contributed by atoms with Gasteiger partial charge in [-0.3, -0.25) is 5.41 Å². The summed E-state index contributed by atoms with van der Waals surface area (Å²) in [4.78, 5) is 2.97. The number of allylic oxidation sites excluding steroid dienone is 3. The first-order valence-corrected chi connectivity index (χ1v) is 3.46. The van der Waals surface area contributed by atoms with Crippen LogP contribution < -0.4 is 0 Å². The Labute approximate surface area is 76.4 Å².